The Balaban J connectivity index is 1.53. The molecule has 3 aromatic rings. The average molecular weight is 396 g/mol. The number of hydrogen-bond acceptors (Lipinski definition) is 5. The number of fused-ring (bicyclic) bond motifs is 1. The van der Waals surface area contributed by atoms with Crippen LogP contribution in [0.15, 0.2) is 52.1 Å². The minimum absolute atomic E-state index is 0.131. The third kappa shape index (κ3) is 4.70. The maximum atomic E-state index is 12.2. The fourth-order valence-corrected chi connectivity index (χ4v) is 2.92. The number of carbonyl (C=O) groups excluding carboxylic acids is 2. The second-order valence-corrected chi connectivity index (χ2v) is 6.48. The first kappa shape index (κ1) is 19.9. The van der Waals surface area contributed by atoms with Crippen LogP contribution < -0.4 is 21.8 Å². The SMILES string of the molecule is Cc1cc(O)cc(=O)n1CC(=O)NCCNC(=O)c1cc2ccccc2c(=O)[nH]1. The van der Waals surface area contributed by atoms with Gasteiger partial charge in [-0.25, -0.2) is 0 Å². The number of nitrogens with zero attached hydrogens (tertiary/aromatic N) is 1. The van der Waals surface area contributed by atoms with E-state index in [2.05, 4.69) is 15.6 Å². The van der Waals surface area contributed by atoms with Crippen molar-refractivity contribution in [2.45, 2.75) is 13.5 Å². The van der Waals surface area contributed by atoms with Crippen LogP contribution in [0, 0.1) is 6.92 Å². The van der Waals surface area contributed by atoms with Gasteiger partial charge in [-0.15, -0.1) is 0 Å². The molecule has 0 bridgehead atoms. The van der Waals surface area contributed by atoms with E-state index < -0.39 is 17.4 Å². The number of nitrogens with one attached hydrogen (secondary N) is 3. The van der Waals surface area contributed by atoms with Gasteiger partial charge in [0.1, 0.15) is 18.0 Å². The van der Waals surface area contributed by atoms with Crippen LogP contribution in [0.1, 0.15) is 16.2 Å². The smallest absolute Gasteiger partial charge is 0.267 e. The Hall–Kier alpha value is -3.88. The van der Waals surface area contributed by atoms with Crippen molar-refractivity contribution in [2.75, 3.05) is 13.1 Å². The van der Waals surface area contributed by atoms with Crippen LogP contribution in [-0.2, 0) is 11.3 Å². The molecule has 3 rings (SSSR count). The third-order valence-electron chi connectivity index (χ3n) is 4.35. The minimum atomic E-state index is -0.480. The first-order valence-corrected chi connectivity index (χ1v) is 8.92. The van der Waals surface area contributed by atoms with Crippen LogP contribution in [0.5, 0.6) is 5.75 Å². The van der Waals surface area contributed by atoms with Crippen LogP contribution in [0.3, 0.4) is 0 Å². The normalized spacial score (nSPS) is 10.7. The molecule has 0 saturated heterocycles. The Morgan fingerprint density at radius 1 is 1.07 bits per heavy atom. The predicted octanol–water partition coefficient (Wildman–Crippen LogP) is 0.250. The van der Waals surface area contributed by atoms with Crippen molar-refractivity contribution in [1.82, 2.24) is 20.2 Å². The molecule has 0 unspecified atom stereocenters. The van der Waals surface area contributed by atoms with E-state index in [1.54, 1.807) is 37.3 Å². The van der Waals surface area contributed by atoms with Crippen molar-refractivity contribution in [2.24, 2.45) is 0 Å². The molecule has 0 spiro atoms. The lowest BCUT2D eigenvalue weighted by molar-refractivity contribution is -0.121. The van der Waals surface area contributed by atoms with Gasteiger partial charge in [0.25, 0.3) is 17.0 Å². The van der Waals surface area contributed by atoms with E-state index in [0.29, 0.717) is 16.5 Å². The molecule has 0 aliphatic rings. The van der Waals surface area contributed by atoms with Crippen molar-refractivity contribution in [3.05, 3.63) is 74.6 Å². The summed E-state index contributed by atoms with van der Waals surface area (Å²) < 4.78 is 1.23. The highest BCUT2D eigenvalue weighted by Gasteiger charge is 2.10. The van der Waals surface area contributed by atoms with Crippen LogP contribution in [0.2, 0.25) is 0 Å². The molecule has 0 aliphatic heterocycles. The zero-order valence-electron chi connectivity index (χ0n) is 15.7. The number of hydrogen-bond donors (Lipinski definition) is 4. The van der Waals surface area contributed by atoms with E-state index in [1.165, 1.54) is 10.6 Å². The maximum absolute atomic E-state index is 12.2. The van der Waals surface area contributed by atoms with E-state index in [9.17, 15) is 24.3 Å². The van der Waals surface area contributed by atoms with Gasteiger partial charge in [0.15, 0.2) is 0 Å². The van der Waals surface area contributed by atoms with Gasteiger partial charge < -0.3 is 25.3 Å². The number of benzene rings is 1. The molecule has 0 saturated carbocycles. The number of pyridine rings is 2. The summed E-state index contributed by atoms with van der Waals surface area (Å²) in [6, 6.07) is 10.9. The first-order valence-electron chi connectivity index (χ1n) is 8.92. The van der Waals surface area contributed by atoms with Gasteiger partial charge in [-0.1, -0.05) is 18.2 Å². The van der Waals surface area contributed by atoms with Crippen molar-refractivity contribution >= 4 is 22.6 Å². The molecule has 2 aromatic heterocycles. The minimum Gasteiger partial charge on any atom is -0.508 e. The summed E-state index contributed by atoms with van der Waals surface area (Å²) in [5, 5.41) is 15.7. The second kappa shape index (κ2) is 8.42. The van der Waals surface area contributed by atoms with Crippen LogP contribution >= 0.6 is 0 Å². The molecule has 4 N–H and O–H groups in total. The molecule has 0 atom stereocenters. The summed E-state index contributed by atoms with van der Waals surface area (Å²) in [7, 11) is 0. The summed E-state index contributed by atoms with van der Waals surface area (Å²) in [5.74, 6) is -1.03. The molecular weight excluding hydrogens is 376 g/mol. The Labute approximate surface area is 165 Å². The highest BCUT2D eigenvalue weighted by molar-refractivity contribution is 5.96. The summed E-state index contributed by atoms with van der Waals surface area (Å²) in [6.45, 7) is 1.70. The molecule has 0 fully saturated rings. The molecule has 2 heterocycles. The molecule has 9 nitrogen and oxygen atoms in total. The number of aromatic hydroxyl groups is 1. The lowest BCUT2D eigenvalue weighted by Gasteiger charge is -2.11. The molecule has 0 radical (unpaired) electrons. The molecule has 0 aliphatic carbocycles. The van der Waals surface area contributed by atoms with Gasteiger partial charge in [0.05, 0.1) is 0 Å². The van der Waals surface area contributed by atoms with E-state index >= 15 is 0 Å². The Morgan fingerprint density at radius 2 is 1.79 bits per heavy atom. The van der Waals surface area contributed by atoms with Gasteiger partial charge in [-0.3, -0.25) is 19.2 Å². The summed E-state index contributed by atoms with van der Waals surface area (Å²) in [6.07, 6.45) is 0. The summed E-state index contributed by atoms with van der Waals surface area (Å²) in [4.78, 5) is 50.7. The standard InChI is InChI=1S/C20H20N4O5/c1-12-8-14(25)10-18(27)24(12)11-17(26)21-6-7-22-20(29)16-9-13-4-2-3-5-15(13)19(28)23-16/h2-5,8-10,25H,6-7,11H2,1H3,(H,21,26)(H,22,29)(H,23,28). The van der Waals surface area contributed by atoms with Gasteiger partial charge in [0, 0.05) is 30.2 Å². The number of carbonyl (C=O) groups is 2. The fraction of sp³-hybridized carbons (Fsp3) is 0.200. The highest BCUT2D eigenvalue weighted by atomic mass is 16.3. The topological polar surface area (TPSA) is 133 Å². The van der Waals surface area contributed by atoms with E-state index in [0.717, 1.165) is 6.07 Å². The fourth-order valence-electron chi connectivity index (χ4n) is 2.92. The summed E-state index contributed by atoms with van der Waals surface area (Å²) >= 11 is 0. The van der Waals surface area contributed by atoms with E-state index in [4.69, 9.17) is 0 Å². The maximum Gasteiger partial charge on any atom is 0.267 e. The number of rotatable bonds is 6. The van der Waals surface area contributed by atoms with Crippen molar-refractivity contribution in [3.8, 4) is 5.75 Å². The molecule has 29 heavy (non-hydrogen) atoms. The molecule has 9 heteroatoms. The zero-order chi connectivity index (χ0) is 21.0. The number of amides is 2. The molecule has 2 amide bonds. The highest BCUT2D eigenvalue weighted by Crippen LogP contribution is 2.09. The average Bonchev–Trinajstić information content (AvgIpc) is 2.68. The number of aryl methyl sites for hydroxylation is 1. The van der Waals surface area contributed by atoms with Crippen molar-refractivity contribution in [3.63, 3.8) is 0 Å². The lowest BCUT2D eigenvalue weighted by atomic mass is 10.1. The molecular formula is C20H20N4O5. The second-order valence-electron chi connectivity index (χ2n) is 6.48. The molecule has 1 aromatic carbocycles. The molecule has 150 valence electrons. The largest absolute Gasteiger partial charge is 0.508 e. The Morgan fingerprint density at radius 3 is 2.55 bits per heavy atom. The number of aromatic amines is 1. The number of H-pyrrole nitrogens is 1. The van der Waals surface area contributed by atoms with E-state index in [-0.39, 0.29) is 36.6 Å². The van der Waals surface area contributed by atoms with Gasteiger partial charge >= 0.3 is 0 Å². The number of aromatic nitrogens is 2. The third-order valence-corrected chi connectivity index (χ3v) is 4.35. The summed E-state index contributed by atoms with van der Waals surface area (Å²) in [5.41, 5.74) is -0.243. The van der Waals surface area contributed by atoms with Crippen molar-refractivity contribution in [1.29, 1.82) is 0 Å². The van der Waals surface area contributed by atoms with Gasteiger partial charge in [-0.2, -0.15) is 0 Å². The quantitative estimate of drug-likeness (QED) is 0.443. The lowest BCUT2D eigenvalue weighted by Crippen LogP contribution is -2.38. The van der Waals surface area contributed by atoms with Crippen LogP contribution in [0.25, 0.3) is 10.8 Å². The Kier molecular flexibility index (Phi) is 5.77. The zero-order valence-corrected chi connectivity index (χ0v) is 15.7. The first-order chi connectivity index (χ1) is 13.8. The van der Waals surface area contributed by atoms with Crippen LogP contribution in [-0.4, -0.2) is 39.6 Å². The van der Waals surface area contributed by atoms with Crippen LogP contribution in [0.4, 0.5) is 0 Å². The monoisotopic (exact) mass is 396 g/mol. The predicted molar refractivity (Wildman–Crippen MR) is 107 cm³/mol. The van der Waals surface area contributed by atoms with Crippen molar-refractivity contribution < 1.29 is 14.7 Å². The van der Waals surface area contributed by atoms with Gasteiger partial charge in [-0.05, 0) is 30.5 Å². The van der Waals surface area contributed by atoms with Gasteiger partial charge in [0.2, 0.25) is 5.91 Å². The van der Waals surface area contributed by atoms with E-state index in [1.807, 2.05) is 0 Å². The Bertz CT molecular complexity index is 1200.